The minimum absolute atomic E-state index is 0.0406. The van der Waals surface area contributed by atoms with Gasteiger partial charge in [-0.25, -0.2) is 0 Å². The van der Waals surface area contributed by atoms with Crippen LogP contribution in [0.5, 0.6) is 5.75 Å². The predicted octanol–water partition coefficient (Wildman–Crippen LogP) is 7.56. The Morgan fingerprint density at radius 3 is 2.48 bits per heavy atom. The third-order valence-corrected chi connectivity index (χ3v) is 7.49. The number of ketones is 1. The number of carbonyl (C=O) groups excluding carboxylic acids is 2. The topological polar surface area (TPSA) is 68.5 Å². The van der Waals surface area contributed by atoms with Crippen LogP contribution < -0.4 is 10.1 Å². The molecule has 5 rings (SSSR count). The van der Waals surface area contributed by atoms with Gasteiger partial charge in [0, 0.05) is 21.0 Å². The number of fused-ring (bicyclic) bond motifs is 2. The molecule has 1 N–H and O–H groups in total. The molecule has 0 unspecified atom stereocenters. The molecular weight excluding hydrogens is 526 g/mol. The van der Waals surface area contributed by atoms with E-state index in [4.69, 9.17) is 20.8 Å². The fraction of sp³-hybridized carbons (Fsp3) is 0.0400. The van der Waals surface area contributed by atoms with E-state index in [1.165, 1.54) is 11.3 Å². The standard InChI is InChI=1S/C25H15BrClNO4S/c1-31-18-11-10-13(12-16(18)26)22(29)23-21(14-6-2-4-8-17(14)32-23)28-25(30)24-20(27)15-7-3-5-9-19(15)33-24/h2-12H,1H3,(H,28,30). The number of furan rings is 1. The molecule has 2 aromatic heterocycles. The van der Waals surface area contributed by atoms with E-state index in [2.05, 4.69) is 21.2 Å². The second kappa shape index (κ2) is 8.67. The summed E-state index contributed by atoms with van der Waals surface area (Å²) in [5.41, 5.74) is 1.18. The van der Waals surface area contributed by atoms with Crippen molar-refractivity contribution in [3.05, 3.63) is 92.4 Å². The molecule has 164 valence electrons. The van der Waals surface area contributed by atoms with Crippen molar-refractivity contribution in [3.8, 4) is 5.75 Å². The molecule has 0 atom stereocenters. The maximum Gasteiger partial charge on any atom is 0.267 e. The molecule has 0 saturated carbocycles. The van der Waals surface area contributed by atoms with E-state index in [1.807, 2.05) is 30.3 Å². The molecule has 8 heteroatoms. The first kappa shape index (κ1) is 21.7. The molecule has 0 aliphatic carbocycles. The highest BCUT2D eigenvalue weighted by molar-refractivity contribution is 9.10. The summed E-state index contributed by atoms with van der Waals surface area (Å²) in [6.07, 6.45) is 0. The number of ether oxygens (including phenoxy) is 1. The number of methoxy groups -OCH3 is 1. The van der Waals surface area contributed by atoms with Crippen LogP contribution in [0.15, 0.2) is 75.6 Å². The van der Waals surface area contributed by atoms with Gasteiger partial charge in [0.1, 0.15) is 16.2 Å². The van der Waals surface area contributed by atoms with E-state index in [0.717, 1.165) is 10.1 Å². The molecule has 0 spiro atoms. The van der Waals surface area contributed by atoms with Crippen LogP contribution in [0.25, 0.3) is 21.1 Å². The molecule has 2 heterocycles. The molecule has 0 radical (unpaired) electrons. The van der Waals surface area contributed by atoms with Gasteiger partial charge in [0.05, 0.1) is 22.3 Å². The third kappa shape index (κ3) is 3.82. The zero-order valence-corrected chi connectivity index (χ0v) is 20.3. The minimum atomic E-state index is -0.405. The number of amides is 1. The lowest BCUT2D eigenvalue weighted by molar-refractivity contribution is 0.101. The summed E-state index contributed by atoms with van der Waals surface area (Å²) in [4.78, 5) is 27.0. The molecule has 1 amide bonds. The Bertz CT molecular complexity index is 1560. The van der Waals surface area contributed by atoms with Crippen molar-refractivity contribution >= 4 is 77.3 Å². The summed E-state index contributed by atoms with van der Waals surface area (Å²) in [5.74, 6) is -0.132. The first-order valence-corrected chi connectivity index (χ1v) is 11.8. The lowest BCUT2D eigenvalue weighted by atomic mass is 10.1. The summed E-state index contributed by atoms with van der Waals surface area (Å²) < 4.78 is 12.7. The number of thiophene rings is 1. The normalized spacial score (nSPS) is 11.1. The van der Waals surface area contributed by atoms with Crippen LogP contribution in [-0.4, -0.2) is 18.8 Å². The van der Waals surface area contributed by atoms with E-state index in [9.17, 15) is 9.59 Å². The molecule has 0 aliphatic rings. The van der Waals surface area contributed by atoms with E-state index in [-0.39, 0.29) is 11.5 Å². The van der Waals surface area contributed by atoms with Gasteiger partial charge in [-0.1, -0.05) is 41.9 Å². The fourth-order valence-corrected chi connectivity index (χ4v) is 5.55. The Labute approximate surface area is 206 Å². The van der Waals surface area contributed by atoms with Gasteiger partial charge in [0.25, 0.3) is 5.91 Å². The summed E-state index contributed by atoms with van der Waals surface area (Å²) >= 11 is 11.2. The van der Waals surface area contributed by atoms with Crippen LogP contribution in [0.1, 0.15) is 25.8 Å². The fourth-order valence-electron chi connectivity index (χ4n) is 3.60. The van der Waals surface area contributed by atoms with Gasteiger partial charge in [-0.15, -0.1) is 11.3 Å². The number of para-hydroxylation sites is 1. The second-order valence-corrected chi connectivity index (χ2v) is 9.46. The number of carbonyl (C=O) groups is 2. The molecule has 0 bridgehead atoms. The summed E-state index contributed by atoms with van der Waals surface area (Å²) in [7, 11) is 1.55. The van der Waals surface area contributed by atoms with Crippen molar-refractivity contribution in [2.24, 2.45) is 0 Å². The molecule has 0 fully saturated rings. The zero-order chi connectivity index (χ0) is 23.1. The van der Waals surface area contributed by atoms with Crippen molar-refractivity contribution in [2.45, 2.75) is 0 Å². The van der Waals surface area contributed by atoms with Gasteiger partial charge in [0.2, 0.25) is 5.78 Å². The summed E-state index contributed by atoms with van der Waals surface area (Å²) in [6, 6.07) is 19.7. The van der Waals surface area contributed by atoms with E-state index < -0.39 is 5.91 Å². The summed E-state index contributed by atoms with van der Waals surface area (Å²) in [6.45, 7) is 0. The van der Waals surface area contributed by atoms with Gasteiger partial charge in [-0.05, 0) is 52.3 Å². The monoisotopic (exact) mass is 539 g/mol. The highest BCUT2D eigenvalue weighted by Gasteiger charge is 2.26. The van der Waals surface area contributed by atoms with E-state index in [0.29, 0.717) is 42.3 Å². The molecule has 5 aromatic rings. The van der Waals surface area contributed by atoms with E-state index >= 15 is 0 Å². The highest BCUT2D eigenvalue weighted by Crippen LogP contribution is 2.38. The average Bonchev–Trinajstić information content (AvgIpc) is 3.37. The van der Waals surface area contributed by atoms with Crippen LogP contribution >= 0.6 is 38.9 Å². The van der Waals surface area contributed by atoms with Gasteiger partial charge in [-0.2, -0.15) is 0 Å². The predicted molar refractivity (Wildman–Crippen MR) is 135 cm³/mol. The first-order valence-electron chi connectivity index (χ1n) is 9.86. The van der Waals surface area contributed by atoms with Crippen molar-refractivity contribution in [1.82, 2.24) is 0 Å². The number of rotatable bonds is 5. The number of halogens is 2. The van der Waals surface area contributed by atoms with Crippen molar-refractivity contribution in [2.75, 3.05) is 12.4 Å². The molecule has 0 aliphatic heterocycles. The van der Waals surface area contributed by atoms with Gasteiger partial charge < -0.3 is 14.5 Å². The molecule has 33 heavy (non-hydrogen) atoms. The molecule has 0 saturated heterocycles. The largest absolute Gasteiger partial charge is 0.496 e. The van der Waals surface area contributed by atoms with Gasteiger partial charge >= 0.3 is 0 Å². The van der Waals surface area contributed by atoms with Gasteiger partial charge in [0.15, 0.2) is 5.76 Å². The highest BCUT2D eigenvalue weighted by atomic mass is 79.9. The number of anilines is 1. The van der Waals surface area contributed by atoms with Gasteiger partial charge in [-0.3, -0.25) is 9.59 Å². The lowest BCUT2D eigenvalue weighted by Gasteiger charge is -2.07. The molecule has 5 nitrogen and oxygen atoms in total. The van der Waals surface area contributed by atoms with Crippen molar-refractivity contribution in [3.63, 3.8) is 0 Å². The van der Waals surface area contributed by atoms with Crippen LogP contribution in [0.3, 0.4) is 0 Å². The Morgan fingerprint density at radius 1 is 1.03 bits per heavy atom. The van der Waals surface area contributed by atoms with Crippen LogP contribution in [0.4, 0.5) is 5.69 Å². The summed E-state index contributed by atoms with van der Waals surface area (Å²) in [5, 5.41) is 4.69. The molecular formula is C25H15BrClNO4S. The third-order valence-electron chi connectivity index (χ3n) is 5.20. The van der Waals surface area contributed by atoms with Crippen LogP contribution in [-0.2, 0) is 0 Å². The quantitative estimate of drug-likeness (QED) is 0.234. The first-order chi connectivity index (χ1) is 16.0. The SMILES string of the molecule is COc1ccc(C(=O)c2oc3ccccc3c2NC(=O)c2sc3ccccc3c2Cl)cc1Br. The smallest absolute Gasteiger partial charge is 0.267 e. The number of hydrogen-bond donors (Lipinski definition) is 1. The molecule has 3 aromatic carbocycles. The lowest BCUT2D eigenvalue weighted by Crippen LogP contribution is -2.13. The van der Waals surface area contributed by atoms with Crippen LogP contribution in [0.2, 0.25) is 5.02 Å². The Kier molecular flexibility index (Phi) is 5.70. The Morgan fingerprint density at radius 2 is 1.76 bits per heavy atom. The number of hydrogen-bond acceptors (Lipinski definition) is 5. The maximum absolute atomic E-state index is 13.4. The maximum atomic E-state index is 13.4. The Balaban J connectivity index is 1.58. The van der Waals surface area contributed by atoms with E-state index in [1.54, 1.807) is 43.5 Å². The second-order valence-electron chi connectivity index (χ2n) is 7.18. The average molecular weight is 541 g/mol. The van der Waals surface area contributed by atoms with Crippen molar-refractivity contribution in [1.29, 1.82) is 0 Å². The number of benzene rings is 3. The Hall–Kier alpha value is -3.13. The minimum Gasteiger partial charge on any atom is -0.496 e. The van der Waals surface area contributed by atoms with Crippen molar-refractivity contribution < 1.29 is 18.7 Å². The number of nitrogens with one attached hydrogen (secondary N) is 1. The van der Waals surface area contributed by atoms with Crippen LogP contribution in [0, 0.1) is 0 Å². The zero-order valence-electron chi connectivity index (χ0n) is 17.1.